The molecule has 20 heavy (non-hydrogen) atoms. The molecule has 0 aliphatic heterocycles. The van der Waals surface area contributed by atoms with Gasteiger partial charge in [0.2, 0.25) is 5.91 Å². The number of nitrogens with zero attached hydrogens (tertiary/aromatic N) is 1. The number of rotatable bonds is 11. The summed E-state index contributed by atoms with van der Waals surface area (Å²) < 4.78 is 5.47. The molecular weight excluding hydrogens is 256 g/mol. The second kappa shape index (κ2) is 14.1. The van der Waals surface area contributed by atoms with Gasteiger partial charge >= 0.3 is 0 Å². The van der Waals surface area contributed by atoms with Gasteiger partial charge in [-0.25, -0.2) is 0 Å². The molecule has 0 aromatic rings. The van der Waals surface area contributed by atoms with Gasteiger partial charge in [-0.1, -0.05) is 20.3 Å². The van der Waals surface area contributed by atoms with Crippen LogP contribution in [-0.4, -0.2) is 51.8 Å². The Morgan fingerprint density at radius 1 is 1.00 bits per heavy atom. The zero-order valence-electron chi connectivity index (χ0n) is 13.1. The summed E-state index contributed by atoms with van der Waals surface area (Å²) in [6.07, 6.45) is 4.14. The maximum Gasteiger partial charge on any atom is 0.239 e. The molecule has 0 atom stereocenters. The largest absolute Gasteiger partial charge is 0.381 e. The normalized spacial score (nSPS) is 11.2. The van der Waals surface area contributed by atoms with Crippen LogP contribution in [-0.2, 0) is 9.53 Å². The van der Waals surface area contributed by atoms with Crippen LogP contribution in [0.2, 0.25) is 0 Å². The van der Waals surface area contributed by atoms with Crippen LogP contribution >= 0.6 is 0 Å². The van der Waals surface area contributed by atoms with E-state index in [0.29, 0.717) is 12.5 Å². The summed E-state index contributed by atoms with van der Waals surface area (Å²) in [6, 6.07) is 0. The third-order valence-corrected chi connectivity index (χ3v) is 2.61. The smallest absolute Gasteiger partial charge is 0.239 e. The number of unbranched alkanes of at least 4 members (excludes halogenated alkanes) is 1. The summed E-state index contributed by atoms with van der Waals surface area (Å²) in [5.41, 5.74) is 0. The first-order valence-corrected chi connectivity index (χ1v) is 7.53. The monoisotopic (exact) mass is 286 g/mol. The minimum absolute atomic E-state index is 0.0160. The molecule has 0 bridgehead atoms. The highest BCUT2D eigenvalue weighted by atomic mass is 16.5. The standard InChI is InChI=1S/C14H30N4O2/c1-4-6-10-20-11-7-9-17-14(15-3)18-12-13(19)16-8-5-2/h4-12H2,1-3H3,(H,16,19)(H2,15,17,18). The summed E-state index contributed by atoms with van der Waals surface area (Å²) >= 11 is 0. The highest BCUT2D eigenvalue weighted by Gasteiger charge is 2.02. The Balaban J connectivity index is 3.55. The van der Waals surface area contributed by atoms with Crippen LogP contribution in [0.5, 0.6) is 0 Å². The van der Waals surface area contributed by atoms with Gasteiger partial charge in [0.1, 0.15) is 0 Å². The molecule has 0 saturated carbocycles. The Morgan fingerprint density at radius 2 is 1.75 bits per heavy atom. The Kier molecular flexibility index (Phi) is 13.2. The van der Waals surface area contributed by atoms with E-state index in [-0.39, 0.29) is 12.5 Å². The number of nitrogens with one attached hydrogen (secondary N) is 3. The molecule has 1 amide bonds. The van der Waals surface area contributed by atoms with Gasteiger partial charge in [0.15, 0.2) is 5.96 Å². The third-order valence-electron chi connectivity index (χ3n) is 2.61. The minimum atomic E-state index is -0.0160. The molecule has 0 aliphatic rings. The fraction of sp³-hybridized carbons (Fsp3) is 0.857. The summed E-state index contributed by atoms with van der Waals surface area (Å²) in [6.45, 7) is 7.49. The lowest BCUT2D eigenvalue weighted by Crippen LogP contribution is -2.43. The van der Waals surface area contributed by atoms with Crippen LogP contribution in [0.3, 0.4) is 0 Å². The summed E-state index contributed by atoms with van der Waals surface area (Å²) in [5.74, 6) is 0.628. The maximum absolute atomic E-state index is 11.4. The van der Waals surface area contributed by atoms with Gasteiger partial charge in [-0.2, -0.15) is 0 Å². The number of aliphatic imine (C=N–C) groups is 1. The van der Waals surface area contributed by atoms with E-state index in [0.717, 1.165) is 45.4 Å². The summed E-state index contributed by atoms with van der Waals surface area (Å²) in [5, 5.41) is 8.93. The van der Waals surface area contributed by atoms with E-state index in [9.17, 15) is 4.79 Å². The SMILES string of the molecule is CCCCOCCCNC(=NC)NCC(=O)NCCC. The van der Waals surface area contributed by atoms with E-state index >= 15 is 0 Å². The van der Waals surface area contributed by atoms with Crippen LogP contribution in [0.15, 0.2) is 4.99 Å². The van der Waals surface area contributed by atoms with E-state index in [1.165, 1.54) is 0 Å². The quantitative estimate of drug-likeness (QED) is 0.299. The van der Waals surface area contributed by atoms with Crippen LogP contribution in [0.25, 0.3) is 0 Å². The van der Waals surface area contributed by atoms with E-state index in [4.69, 9.17) is 4.74 Å². The Labute approximate surface area is 122 Å². The maximum atomic E-state index is 11.4. The molecule has 0 aromatic carbocycles. The molecule has 6 heteroatoms. The fourth-order valence-electron chi connectivity index (χ4n) is 1.44. The molecule has 3 N–H and O–H groups in total. The van der Waals surface area contributed by atoms with E-state index in [1.54, 1.807) is 7.05 Å². The highest BCUT2D eigenvalue weighted by Crippen LogP contribution is 1.89. The molecule has 0 unspecified atom stereocenters. The van der Waals surface area contributed by atoms with Gasteiger partial charge in [0, 0.05) is 33.4 Å². The van der Waals surface area contributed by atoms with Crippen molar-refractivity contribution in [3.8, 4) is 0 Å². The Hall–Kier alpha value is -1.30. The van der Waals surface area contributed by atoms with Crippen molar-refractivity contribution in [3.05, 3.63) is 0 Å². The minimum Gasteiger partial charge on any atom is -0.381 e. The number of carbonyl (C=O) groups excluding carboxylic acids is 1. The van der Waals surface area contributed by atoms with Crippen molar-refractivity contribution in [2.45, 2.75) is 39.5 Å². The van der Waals surface area contributed by atoms with Gasteiger partial charge in [-0.15, -0.1) is 0 Å². The molecule has 0 rings (SSSR count). The van der Waals surface area contributed by atoms with E-state index in [2.05, 4.69) is 27.9 Å². The van der Waals surface area contributed by atoms with E-state index in [1.807, 2.05) is 6.92 Å². The van der Waals surface area contributed by atoms with E-state index < -0.39 is 0 Å². The molecular formula is C14H30N4O2. The molecule has 0 saturated heterocycles. The molecule has 0 fully saturated rings. The van der Waals surface area contributed by atoms with Crippen LogP contribution < -0.4 is 16.0 Å². The van der Waals surface area contributed by atoms with Crippen molar-refractivity contribution in [3.63, 3.8) is 0 Å². The average molecular weight is 286 g/mol. The molecule has 6 nitrogen and oxygen atoms in total. The first-order valence-electron chi connectivity index (χ1n) is 7.53. The summed E-state index contributed by atoms with van der Waals surface area (Å²) in [7, 11) is 1.69. The lowest BCUT2D eigenvalue weighted by molar-refractivity contribution is -0.120. The second-order valence-corrected chi connectivity index (χ2v) is 4.52. The van der Waals surface area contributed by atoms with Gasteiger partial charge in [-0.05, 0) is 19.3 Å². The predicted octanol–water partition coefficient (Wildman–Crippen LogP) is 0.884. The molecule has 0 heterocycles. The molecule has 118 valence electrons. The summed E-state index contributed by atoms with van der Waals surface area (Å²) in [4.78, 5) is 15.5. The molecule has 0 aromatic heterocycles. The van der Waals surface area contributed by atoms with Crippen LogP contribution in [0.1, 0.15) is 39.5 Å². The fourth-order valence-corrected chi connectivity index (χ4v) is 1.44. The third kappa shape index (κ3) is 11.8. The van der Waals surface area contributed by atoms with Gasteiger partial charge in [0.25, 0.3) is 0 Å². The van der Waals surface area contributed by atoms with Gasteiger partial charge < -0.3 is 20.7 Å². The first-order chi connectivity index (χ1) is 9.74. The topological polar surface area (TPSA) is 74.8 Å². The molecule has 0 aliphatic carbocycles. The van der Waals surface area contributed by atoms with Crippen LogP contribution in [0.4, 0.5) is 0 Å². The van der Waals surface area contributed by atoms with Crippen molar-refractivity contribution in [2.24, 2.45) is 4.99 Å². The molecule has 0 radical (unpaired) electrons. The van der Waals surface area contributed by atoms with Gasteiger partial charge in [0.05, 0.1) is 6.54 Å². The van der Waals surface area contributed by atoms with Crippen molar-refractivity contribution >= 4 is 11.9 Å². The average Bonchev–Trinajstić information content (AvgIpc) is 2.47. The zero-order chi connectivity index (χ0) is 15.1. The van der Waals surface area contributed by atoms with Crippen molar-refractivity contribution in [2.75, 3.05) is 39.9 Å². The second-order valence-electron chi connectivity index (χ2n) is 4.52. The Bertz CT molecular complexity index is 270. The highest BCUT2D eigenvalue weighted by molar-refractivity contribution is 5.86. The van der Waals surface area contributed by atoms with Crippen molar-refractivity contribution < 1.29 is 9.53 Å². The van der Waals surface area contributed by atoms with Crippen molar-refractivity contribution in [1.82, 2.24) is 16.0 Å². The predicted molar refractivity (Wildman–Crippen MR) is 83.0 cm³/mol. The number of amides is 1. The number of guanidine groups is 1. The number of ether oxygens (including phenoxy) is 1. The lowest BCUT2D eigenvalue weighted by Gasteiger charge is -2.11. The van der Waals surface area contributed by atoms with Gasteiger partial charge in [-0.3, -0.25) is 9.79 Å². The van der Waals surface area contributed by atoms with Crippen LogP contribution in [0, 0.1) is 0 Å². The molecule has 0 spiro atoms. The van der Waals surface area contributed by atoms with Crippen molar-refractivity contribution in [1.29, 1.82) is 0 Å². The Morgan fingerprint density at radius 3 is 2.40 bits per heavy atom. The first kappa shape index (κ1) is 18.7. The number of hydrogen-bond donors (Lipinski definition) is 3. The number of carbonyl (C=O) groups is 1. The number of hydrogen-bond acceptors (Lipinski definition) is 3. The zero-order valence-corrected chi connectivity index (χ0v) is 13.1. The lowest BCUT2D eigenvalue weighted by atomic mass is 10.4.